The third-order valence-electron chi connectivity index (χ3n) is 5.83. The normalized spacial score (nSPS) is 16.9. The van der Waals surface area contributed by atoms with Gasteiger partial charge >= 0.3 is 5.97 Å². The molecule has 3 heterocycles. The highest BCUT2D eigenvalue weighted by Crippen LogP contribution is 2.47. The summed E-state index contributed by atoms with van der Waals surface area (Å²) < 4.78 is 10.8. The van der Waals surface area contributed by atoms with Crippen LogP contribution in [0.2, 0.25) is 0 Å². The number of ether oxygens (including phenoxy) is 2. The van der Waals surface area contributed by atoms with Gasteiger partial charge < -0.3 is 19.7 Å². The molecule has 0 saturated carbocycles. The molecule has 0 saturated heterocycles. The number of carbonyl (C=O) groups excluding carboxylic acids is 2. The van der Waals surface area contributed by atoms with Crippen LogP contribution < -0.4 is 10.1 Å². The van der Waals surface area contributed by atoms with Gasteiger partial charge in [-0.15, -0.1) is 0 Å². The number of fused-ring (bicyclic) bond motifs is 1. The van der Waals surface area contributed by atoms with Gasteiger partial charge in [0.2, 0.25) is 5.91 Å². The highest BCUT2D eigenvalue weighted by atomic mass is 32.2. The number of nitrogens with zero attached hydrogens (tertiary/aromatic N) is 3. The van der Waals surface area contributed by atoms with Crippen molar-refractivity contribution < 1.29 is 19.1 Å². The van der Waals surface area contributed by atoms with Crippen LogP contribution in [0.3, 0.4) is 0 Å². The van der Waals surface area contributed by atoms with Crippen molar-refractivity contribution in [3.8, 4) is 5.75 Å². The molecule has 1 N–H and O–H groups in total. The second kappa shape index (κ2) is 11.2. The molecule has 2 aromatic rings. The van der Waals surface area contributed by atoms with Crippen LogP contribution in [-0.4, -0.2) is 47.7 Å². The lowest BCUT2D eigenvalue weighted by Gasteiger charge is -2.37. The van der Waals surface area contributed by atoms with Crippen molar-refractivity contribution in [3.63, 3.8) is 0 Å². The Labute approximate surface area is 209 Å². The maximum atomic E-state index is 13.0. The molecule has 0 unspecified atom stereocenters. The van der Waals surface area contributed by atoms with E-state index in [4.69, 9.17) is 14.5 Å². The Balaban J connectivity index is 1.60. The van der Waals surface area contributed by atoms with E-state index in [-0.39, 0.29) is 12.3 Å². The number of amidine groups is 1. The maximum absolute atomic E-state index is 13.0. The molecule has 0 radical (unpaired) electrons. The Kier molecular flexibility index (Phi) is 7.87. The van der Waals surface area contributed by atoms with E-state index in [1.807, 2.05) is 59.7 Å². The molecule has 1 amide bonds. The largest absolute Gasteiger partial charge is 0.496 e. The maximum Gasteiger partial charge on any atom is 0.338 e. The summed E-state index contributed by atoms with van der Waals surface area (Å²) in [5, 5.41) is 5.62. The molecule has 1 aromatic heterocycles. The van der Waals surface area contributed by atoms with Crippen LogP contribution in [0.4, 0.5) is 0 Å². The fourth-order valence-electron chi connectivity index (χ4n) is 4.20. The van der Waals surface area contributed by atoms with Crippen molar-refractivity contribution in [2.24, 2.45) is 4.99 Å². The third-order valence-corrected chi connectivity index (χ3v) is 6.72. The summed E-state index contributed by atoms with van der Waals surface area (Å²) in [6.45, 7) is 2.45. The fraction of sp³-hybridized carbons (Fsp3) is 0.308. The molecule has 0 bridgehead atoms. The summed E-state index contributed by atoms with van der Waals surface area (Å²) in [5.41, 5.74) is 3.60. The van der Waals surface area contributed by atoms with Gasteiger partial charge in [0.05, 0.1) is 38.0 Å². The van der Waals surface area contributed by atoms with Crippen molar-refractivity contribution >= 4 is 28.8 Å². The highest BCUT2D eigenvalue weighted by molar-refractivity contribution is 8.16. The van der Waals surface area contributed by atoms with Gasteiger partial charge in [-0.3, -0.25) is 9.78 Å². The van der Waals surface area contributed by atoms with Gasteiger partial charge in [-0.1, -0.05) is 43.0 Å². The van der Waals surface area contributed by atoms with Crippen LogP contribution in [0, 0.1) is 0 Å². The second-order valence-corrected chi connectivity index (χ2v) is 8.78. The zero-order valence-electron chi connectivity index (χ0n) is 20.0. The Morgan fingerprint density at radius 2 is 1.94 bits per heavy atom. The number of esters is 1. The van der Waals surface area contributed by atoms with E-state index >= 15 is 0 Å². The van der Waals surface area contributed by atoms with Crippen molar-refractivity contribution in [3.05, 3.63) is 82.3 Å². The van der Waals surface area contributed by atoms with Gasteiger partial charge in [0.25, 0.3) is 0 Å². The number of pyridine rings is 1. The van der Waals surface area contributed by atoms with Crippen LogP contribution in [-0.2, 0) is 20.7 Å². The predicted octanol–water partition coefficient (Wildman–Crippen LogP) is 3.98. The number of methoxy groups -OCH3 is 2. The van der Waals surface area contributed by atoms with Crippen LogP contribution in [0.25, 0.3) is 0 Å². The Morgan fingerprint density at radius 1 is 1.14 bits per heavy atom. The van der Waals surface area contributed by atoms with Crippen LogP contribution in [0.5, 0.6) is 5.75 Å². The Bertz CT molecular complexity index is 1190. The summed E-state index contributed by atoms with van der Waals surface area (Å²) in [6.07, 6.45) is 3.10. The Hall–Kier alpha value is -3.59. The van der Waals surface area contributed by atoms with E-state index in [1.54, 1.807) is 13.3 Å². The number of carbonyl (C=O) groups is 2. The standard InChI is InChI=1S/C26H28N4O4S/c1-4-20-23(25(32)34-3)24(19-10-5-6-11-21(19)33-2)30-18(16-35-26(30)29-20)15-22(31)28-14-12-17-9-7-8-13-27-17/h5-11,13,16,24H,4,12,14-15H2,1-3H3,(H,28,31)/t24-/m1/s1. The number of benzene rings is 1. The van der Waals surface area contributed by atoms with Crippen molar-refractivity contribution in [2.75, 3.05) is 20.8 Å². The molecule has 1 aromatic carbocycles. The average Bonchev–Trinajstić information content (AvgIpc) is 3.29. The summed E-state index contributed by atoms with van der Waals surface area (Å²) >= 11 is 1.45. The molecule has 0 spiro atoms. The van der Waals surface area contributed by atoms with Gasteiger partial charge in [-0.25, -0.2) is 9.79 Å². The number of rotatable bonds is 9. The zero-order chi connectivity index (χ0) is 24.8. The van der Waals surface area contributed by atoms with Crippen molar-refractivity contribution in [1.29, 1.82) is 0 Å². The first-order chi connectivity index (χ1) is 17.1. The van der Waals surface area contributed by atoms with Crippen LogP contribution >= 0.6 is 11.8 Å². The molecule has 2 aliphatic rings. The van der Waals surface area contributed by atoms with Gasteiger partial charge in [0.1, 0.15) is 5.75 Å². The molecular formula is C26H28N4O4S. The number of allylic oxidation sites excluding steroid dienone is 1. The van der Waals surface area contributed by atoms with Gasteiger partial charge in [-0.2, -0.15) is 0 Å². The smallest absolute Gasteiger partial charge is 0.338 e. The summed E-state index contributed by atoms with van der Waals surface area (Å²) in [5.74, 6) is 0.0842. The lowest BCUT2D eigenvalue weighted by Crippen LogP contribution is -2.38. The van der Waals surface area contributed by atoms with E-state index in [2.05, 4.69) is 10.3 Å². The van der Waals surface area contributed by atoms with E-state index in [0.717, 1.165) is 22.1 Å². The molecule has 9 heteroatoms. The van der Waals surface area contributed by atoms with E-state index in [0.29, 0.717) is 36.4 Å². The highest BCUT2D eigenvalue weighted by Gasteiger charge is 2.42. The number of amides is 1. The summed E-state index contributed by atoms with van der Waals surface area (Å²) in [7, 11) is 2.97. The molecule has 2 aliphatic heterocycles. The van der Waals surface area contributed by atoms with E-state index in [1.165, 1.54) is 18.9 Å². The van der Waals surface area contributed by atoms with Gasteiger partial charge in [-0.05, 0) is 30.0 Å². The van der Waals surface area contributed by atoms with Crippen molar-refractivity contribution in [2.45, 2.75) is 32.2 Å². The van der Waals surface area contributed by atoms with Crippen molar-refractivity contribution in [1.82, 2.24) is 15.2 Å². The number of nitrogens with one attached hydrogen (secondary N) is 1. The number of thioether (sulfide) groups is 1. The molecule has 4 rings (SSSR count). The predicted molar refractivity (Wildman–Crippen MR) is 136 cm³/mol. The van der Waals surface area contributed by atoms with Crippen LogP contribution in [0.15, 0.2) is 76.0 Å². The molecule has 35 heavy (non-hydrogen) atoms. The summed E-state index contributed by atoms with van der Waals surface area (Å²) in [6, 6.07) is 12.8. The van der Waals surface area contributed by atoms with Gasteiger partial charge in [0, 0.05) is 36.1 Å². The number of hydrogen-bond donors (Lipinski definition) is 1. The third kappa shape index (κ3) is 5.24. The number of aliphatic imine (C=N–C) groups is 1. The molecule has 8 nitrogen and oxygen atoms in total. The molecule has 0 aliphatic carbocycles. The van der Waals surface area contributed by atoms with Gasteiger partial charge in [0.15, 0.2) is 5.17 Å². The van der Waals surface area contributed by atoms with E-state index in [9.17, 15) is 9.59 Å². The minimum absolute atomic E-state index is 0.113. The lowest BCUT2D eigenvalue weighted by atomic mass is 9.92. The molecule has 0 fully saturated rings. The fourth-order valence-corrected chi connectivity index (χ4v) is 5.14. The number of aromatic nitrogens is 1. The molecule has 182 valence electrons. The first-order valence-corrected chi connectivity index (χ1v) is 12.3. The number of para-hydroxylation sites is 1. The minimum atomic E-state index is -0.524. The summed E-state index contributed by atoms with van der Waals surface area (Å²) in [4.78, 5) is 36.8. The monoisotopic (exact) mass is 492 g/mol. The Morgan fingerprint density at radius 3 is 2.66 bits per heavy atom. The van der Waals surface area contributed by atoms with Crippen LogP contribution in [0.1, 0.15) is 37.1 Å². The first-order valence-electron chi connectivity index (χ1n) is 11.4. The molecule has 1 atom stereocenters. The first kappa shape index (κ1) is 24.5. The lowest BCUT2D eigenvalue weighted by molar-refractivity contribution is -0.136. The zero-order valence-corrected chi connectivity index (χ0v) is 20.8. The minimum Gasteiger partial charge on any atom is -0.496 e. The second-order valence-electron chi connectivity index (χ2n) is 7.94. The SMILES string of the molecule is CCC1=C(C(=O)OC)[C@@H](c2ccccc2OC)N2C(CC(=O)NCCc3ccccn3)=CSC2=N1. The quantitative estimate of drug-likeness (QED) is 0.529. The average molecular weight is 493 g/mol. The topological polar surface area (TPSA) is 93.1 Å². The van der Waals surface area contributed by atoms with E-state index < -0.39 is 12.0 Å². The number of hydrogen-bond acceptors (Lipinski definition) is 8. The molecular weight excluding hydrogens is 464 g/mol.